The number of hydrogen-bond donors (Lipinski definition) is 1. The van der Waals surface area contributed by atoms with Crippen LogP contribution in [-0.4, -0.2) is 50.3 Å². The van der Waals surface area contributed by atoms with Crippen LogP contribution in [0, 0.1) is 0 Å². The Morgan fingerprint density at radius 2 is 2.12 bits per heavy atom. The van der Waals surface area contributed by atoms with E-state index in [9.17, 15) is 9.59 Å². The Morgan fingerprint density at radius 3 is 2.81 bits per heavy atom. The zero-order chi connectivity index (χ0) is 22.5. The van der Waals surface area contributed by atoms with Gasteiger partial charge in [-0.05, 0) is 68.5 Å². The van der Waals surface area contributed by atoms with Crippen LogP contribution >= 0.6 is 11.6 Å². The van der Waals surface area contributed by atoms with Crippen LogP contribution in [0.3, 0.4) is 0 Å². The molecule has 1 aliphatic heterocycles. The van der Waals surface area contributed by atoms with E-state index in [0.29, 0.717) is 29.5 Å². The Balaban J connectivity index is 1.51. The minimum Gasteiger partial charge on any atom is -0.346 e. The Morgan fingerprint density at radius 1 is 1.31 bits per heavy atom. The van der Waals surface area contributed by atoms with E-state index in [2.05, 4.69) is 34.9 Å². The van der Waals surface area contributed by atoms with Crippen molar-refractivity contribution >= 4 is 46.3 Å². The molecule has 1 saturated carbocycles. The second-order valence-corrected chi connectivity index (χ2v) is 9.40. The van der Waals surface area contributed by atoms with Crippen molar-refractivity contribution in [2.75, 3.05) is 11.4 Å². The van der Waals surface area contributed by atoms with Crippen molar-refractivity contribution in [3.8, 4) is 0 Å². The zero-order valence-corrected chi connectivity index (χ0v) is 18.8. The molecule has 1 N–H and O–H groups in total. The molecule has 0 bridgehead atoms. The average molecular weight is 450 g/mol. The minimum atomic E-state index is -0.413. The highest BCUT2D eigenvalue weighted by Gasteiger charge is 2.36. The van der Waals surface area contributed by atoms with Gasteiger partial charge in [-0.2, -0.15) is 0 Å². The molecule has 0 atom stereocenters. The molecule has 3 aromatic heterocycles. The van der Waals surface area contributed by atoms with Crippen molar-refractivity contribution in [1.82, 2.24) is 19.9 Å². The molecule has 0 radical (unpaired) electrons. The fourth-order valence-corrected chi connectivity index (χ4v) is 4.61. The maximum atomic E-state index is 13.2. The first-order chi connectivity index (χ1) is 15.4. The molecule has 0 aromatic carbocycles. The Labute approximate surface area is 191 Å². The van der Waals surface area contributed by atoms with Crippen molar-refractivity contribution in [2.24, 2.45) is 0 Å². The summed E-state index contributed by atoms with van der Waals surface area (Å²) in [7, 11) is 0. The lowest BCUT2D eigenvalue weighted by molar-refractivity contribution is -0.107. The first-order valence-electron chi connectivity index (χ1n) is 10.7. The van der Waals surface area contributed by atoms with Crippen molar-refractivity contribution in [1.29, 1.82) is 0 Å². The molecular weight excluding hydrogens is 426 g/mol. The van der Waals surface area contributed by atoms with Crippen LogP contribution in [0.15, 0.2) is 42.7 Å². The van der Waals surface area contributed by atoms with Gasteiger partial charge in [0.1, 0.15) is 16.6 Å². The number of nitrogens with one attached hydrogen (secondary N) is 1. The van der Waals surface area contributed by atoms with Gasteiger partial charge in [0.05, 0.1) is 0 Å². The fourth-order valence-electron chi connectivity index (χ4n) is 4.44. The number of nitrogens with zero attached hydrogens (tertiary/aromatic N) is 4. The molecule has 0 unspecified atom stereocenters. The third-order valence-electron chi connectivity index (χ3n) is 6.27. The third kappa shape index (κ3) is 3.66. The second-order valence-electron chi connectivity index (χ2n) is 9.01. The lowest BCUT2D eigenvalue weighted by Gasteiger charge is -2.42. The third-order valence-corrected chi connectivity index (χ3v) is 6.48. The lowest BCUT2D eigenvalue weighted by Crippen LogP contribution is -2.50. The summed E-state index contributed by atoms with van der Waals surface area (Å²) in [6.07, 6.45) is 9.07. The van der Waals surface area contributed by atoms with Gasteiger partial charge in [0.25, 0.3) is 5.91 Å². The maximum Gasteiger partial charge on any atom is 0.254 e. The molecule has 8 heteroatoms. The average Bonchev–Trinajstić information content (AvgIpc) is 3.48. The molecule has 4 heterocycles. The first-order valence-corrected chi connectivity index (χ1v) is 11.1. The molecule has 164 valence electrons. The number of amides is 2. The minimum absolute atomic E-state index is 0.0716. The topological polar surface area (TPSA) is 82.2 Å². The van der Waals surface area contributed by atoms with Crippen LogP contribution in [0.1, 0.15) is 49.0 Å². The number of H-pyrrole nitrogens is 1. The molecular formula is C24H24ClN5O2. The lowest BCUT2D eigenvalue weighted by atomic mass is 9.84. The highest BCUT2D eigenvalue weighted by atomic mass is 35.5. The summed E-state index contributed by atoms with van der Waals surface area (Å²) in [4.78, 5) is 40.4. The molecule has 1 aliphatic carbocycles. The zero-order valence-electron chi connectivity index (χ0n) is 18.0. The predicted octanol–water partition coefficient (Wildman–Crippen LogP) is 4.44. The molecule has 7 nitrogen and oxygen atoms in total. The monoisotopic (exact) mass is 449 g/mol. The Kier molecular flexibility index (Phi) is 5.01. The molecule has 5 rings (SSSR count). The quantitative estimate of drug-likeness (QED) is 0.461. The number of carbonyl (C=O) groups is 2. The van der Waals surface area contributed by atoms with E-state index in [4.69, 9.17) is 11.6 Å². The number of fused-ring (bicyclic) bond motifs is 1. The SMILES string of the molecule is CC1(C)CC(c2cc(N(C=O)C3CC3)nc3[nH]ccc23)=CCN1C(=O)c1ccnc(Cl)c1. The summed E-state index contributed by atoms with van der Waals surface area (Å²) < 4.78 is 0. The Bertz CT molecular complexity index is 1240. The van der Waals surface area contributed by atoms with Gasteiger partial charge in [-0.15, -0.1) is 0 Å². The number of aromatic amines is 1. The van der Waals surface area contributed by atoms with E-state index < -0.39 is 5.54 Å². The number of halogens is 1. The van der Waals surface area contributed by atoms with Crippen molar-refractivity contribution < 1.29 is 9.59 Å². The summed E-state index contributed by atoms with van der Waals surface area (Å²) in [5.41, 5.74) is 3.06. The molecule has 1 fully saturated rings. The van der Waals surface area contributed by atoms with Crippen molar-refractivity contribution in [3.05, 3.63) is 59.0 Å². The van der Waals surface area contributed by atoms with Gasteiger partial charge < -0.3 is 9.88 Å². The van der Waals surface area contributed by atoms with Gasteiger partial charge in [0, 0.05) is 41.5 Å². The smallest absolute Gasteiger partial charge is 0.254 e. The van der Waals surface area contributed by atoms with E-state index in [-0.39, 0.29) is 11.9 Å². The van der Waals surface area contributed by atoms with Gasteiger partial charge in [0.15, 0.2) is 0 Å². The summed E-state index contributed by atoms with van der Waals surface area (Å²) in [6, 6.07) is 7.54. The molecule has 2 aliphatic rings. The summed E-state index contributed by atoms with van der Waals surface area (Å²) in [5, 5.41) is 1.31. The second kappa shape index (κ2) is 7.74. The molecule has 32 heavy (non-hydrogen) atoms. The number of aromatic nitrogens is 3. The fraction of sp³-hybridized carbons (Fsp3) is 0.333. The Hall–Kier alpha value is -3.19. The van der Waals surface area contributed by atoms with Gasteiger partial charge in [-0.25, -0.2) is 9.97 Å². The molecule has 0 spiro atoms. The summed E-state index contributed by atoms with van der Waals surface area (Å²) in [5.74, 6) is 0.591. The normalized spacial score (nSPS) is 17.8. The van der Waals surface area contributed by atoms with Crippen LogP contribution in [0.4, 0.5) is 5.82 Å². The molecule has 3 aromatic rings. The predicted molar refractivity (Wildman–Crippen MR) is 125 cm³/mol. The van der Waals surface area contributed by atoms with Gasteiger partial charge in [-0.3, -0.25) is 14.5 Å². The molecule has 2 amide bonds. The number of hydrogen-bond acceptors (Lipinski definition) is 4. The maximum absolute atomic E-state index is 13.2. The van der Waals surface area contributed by atoms with Crippen molar-refractivity contribution in [2.45, 2.75) is 44.7 Å². The molecule has 0 saturated heterocycles. The van der Waals surface area contributed by atoms with Crippen LogP contribution < -0.4 is 4.90 Å². The van der Waals surface area contributed by atoms with Crippen LogP contribution in [-0.2, 0) is 4.79 Å². The standard InChI is InChI=1S/C24H24ClN5O2/c1-24(2)13-16(7-10-30(24)23(32)15-5-8-26-20(25)11-15)19-12-21(29(14-31)17-3-4-17)28-22-18(19)6-9-27-22/h5-9,11-12,14,17H,3-4,10,13H2,1-2H3,(H,27,28). The van der Waals surface area contributed by atoms with Gasteiger partial charge >= 0.3 is 0 Å². The number of pyridine rings is 2. The number of carbonyl (C=O) groups excluding carboxylic acids is 2. The number of rotatable bonds is 5. The van der Waals surface area contributed by atoms with Crippen LogP contribution in [0.5, 0.6) is 0 Å². The summed E-state index contributed by atoms with van der Waals surface area (Å²) in [6.45, 7) is 4.61. The van der Waals surface area contributed by atoms with Crippen LogP contribution in [0.25, 0.3) is 16.6 Å². The highest BCUT2D eigenvalue weighted by molar-refractivity contribution is 6.29. The largest absolute Gasteiger partial charge is 0.346 e. The highest BCUT2D eigenvalue weighted by Crippen LogP contribution is 2.39. The van der Waals surface area contributed by atoms with E-state index in [1.807, 2.05) is 23.2 Å². The van der Waals surface area contributed by atoms with Gasteiger partial charge in [0.2, 0.25) is 6.41 Å². The van der Waals surface area contributed by atoms with Crippen LogP contribution in [0.2, 0.25) is 5.15 Å². The summed E-state index contributed by atoms with van der Waals surface area (Å²) >= 11 is 5.99. The van der Waals surface area contributed by atoms with E-state index in [0.717, 1.165) is 41.4 Å². The number of anilines is 1. The van der Waals surface area contributed by atoms with E-state index in [1.54, 1.807) is 23.2 Å². The van der Waals surface area contributed by atoms with E-state index >= 15 is 0 Å². The first kappa shape index (κ1) is 20.7. The van der Waals surface area contributed by atoms with E-state index in [1.165, 1.54) is 0 Å². The van der Waals surface area contributed by atoms with Gasteiger partial charge in [-0.1, -0.05) is 17.7 Å². The van der Waals surface area contributed by atoms with Crippen molar-refractivity contribution in [3.63, 3.8) is 0 Å².